The average molecular weight is 1410 g/mol. The lowest BCUT2D eigenvalue weighted by molar-refractivity contribution is -0.296. The fraction of sp³-hybridized carbons (Fsp3) is 0.941. The predicted molar refractivity (Wildman–Crippen MR) is 360 cm³/mol. The van der Waals surface area contributed by atoms with Gasteiger partial charge in [0.25, 0.3) is 0 Å². The SMILES string of the molecule is CCCCCCCCCCCC(O)CC(=O)N[C@H]1[C@H](OC[C@H]2O[C@H](OP(=O)(O)O)[C@H](NC(=O)CC(O)CCCCCCCCCCC)[C@@H](OC(=O)CC(O)CCCCCCCCCCC)[C@@H]2O)O[C@H](CO)[C@@H](OP(=O)(O)O)[C@@H]1OC(=O)CC(O)CCCCCCCCCCC. The molecule has 2 aliphatic heterocycles. The first-order valence-electron chi connectivity index (χ1n) is 36.8. The predicted octanol–water partition coefficient (Wildman–Crippen LogP) is 10.9. The molecule has 0 aromatic heterocycles. The quantitative estimate of drug-likeness (QED) is 0.0153. The van der Waals surface area contributed by atoms with Crippen molar-refractivity contribution in [1.29, 1.82) is 0 Å². The lowest BCUT2D eigenvalue weighted by Gasteiger charge is -2.47. The summed E-state index contributed by atoms with van der Waals surface area (Å²) >= 11 is 0. The highest BCUT2D eigenvalue weighted by molar-refractivity contribution is 7.46. The highest BCUT2D eigenvalue weighted by atomic mass is 31.2. The lowest BCUT2D eigenvalue weighted by Crippen LogP contribution is -2.68. The van der Waals surface area contributed by atoms with Gasteiger partial charge in [-0.3, -0.25) is 28.2 Å². The van der Waals surface area contributed by atoms with Crippen molar-refractivity contribution >= 4 is 39.4 Å². The molecule has 2 heterocycles. The molecule has 27 heteroatoms. The molecule has 0 aromatic carbocycles. The minimum absolute atomic E-state index is 0.196. The summed E-state index contributed by atoms with van der Waals surface area (Å²) in [4.78, 5) is 96.5. The van der Waals surface area contributed by atoms with Gasteiger partial charge < -0.3 is 84.5 Å². The molecule has 2 amide bonds. The summed E-state index contributed by atoms with van der Waals surface area (Å²) in [6, 6.07) is -3.75. The van der Waals surface area contributed by atoms with Gasteiger partial charge in [-0.05, 0) is 25.7 Å². The maximum Gasteiger partial charge on any atom is 0.472 e. The molecule has 2 saturated heterocycles. The molecule has 0 aliphatic carbocycles. The average Bonchev–Trinajstić information content (AvgIpc) is 0.788. The zero-order valence-electron chi connectivity index (χ0n) is 58.3. The van der Waals surface area contributed by atoms with Gasteiger partial charge in [0.1, 0.15) is 36.5 Å². The Kier molecular flexibility index (Phi) is 50.1. The van der Waals surface area contributed by atoms with E-state index >= 15 is 0 Å². The third-order valence-electron chi connectivity index (χ3n) is 17.8. The van der Waals surface area contributed by atoms with Crippen LogP contribution in [0.4, 0.5) is 0 Å². The van der Waals surface area contributed by atoms with Crippen molar-refractivity contribution in [3.05, 3.63) is 0 Å². The first-order valence-corrected chi connectivity index (χ1v) is 39.9. The van der Waals surface area contributed by atoms with Gasteiger partial charge in [0.05, 0.1) is 63.3 Å². The van der Waals surface area contributed by atoms with Crippen LogP contribution in [-0.2, 0) is 61.0 Å². The van der Waals surface area contributed by atoms with Crippen LogP contribution >= 0.6 is 15.6 Å². The summed E-state index contributed by atoms with van der Waals surface area (Å²) in [7, 11) is -11.2. The Labute approximate surface area is 568 Å². The van der Waals surface area contributed by atoms with E-state index in [0.717, 1.165) is 154 Å². The maximum atomic E-state index is 14.1. The Hall–Kier alpha value is -2.26. The summed E-state index contributed by atoms with van der Waals surface area (Å²) in [6.07, 6.45) is 13.8. The first-order chi connectivity index (χ1) is 45.4. The summed E-state index contributed by atoms with van der Waals surface area (Å²) < 4.78 is 65.3. The fourth-order valence-electron chi connectivity index (χ4n) is 12.4. The van der Waals surface area contributed by atoms with Crippen molar-refractivity contribution in [2.75, 3.05) is 13.2 Å². The second kappa shape index (κ2) is 53.6. The van der Waals surface area contributed by atoms with Gasteiger partial charge in [0.15, 0.2) is 24.8 Å². The van der Waals surface area contributed by atoms with Crippen molar-refractivity contribution in [3.8, 4) is 0 Å². The number of hydrogen-bond acceptors (Lipinski definition) is 19. The van der Waals surface area contributed by atoms with Gasteiger partial charge in [-0.2, -0.15) is 0 Å². The van der Waals surface area contributed by atoms with Crippen LogP contribution < -0.4 is 10.6 Å². The second-order valence-corrected chi connectivity index (χ2v) is 29.1. The van der Waals surface area contributed by atoms with E-state index in [-0.39, 0.29) is 25.7 Å². The van der Waals surface area contributed by atoms with Gasteiger partial charge in [0, 0.05) is 0 Å². The molecule has 0 saturated carbocycles. The van der Waals surface area contributed by atoms with Crippen molar-refractivity contribution in [2.24, 2.45) is 0 Å². The Morgan fingerprint density at radius 1 is 0.400 bits per heavy atom. The van der Waals surface area contributed by atoms with Gasteiger partial charge in [0.2, 0.25) is 11.8 Å². The number of carbonyl (C=O) groups excluding carboxylic acids is 4. The van der Waals surface area contributed by atoms with Crippen molar-refractivity contribution in [2.45, 2.75) is 396 Å². The number of esters is 2. The molecule has 560 valence electrons. The Bertz CT molecular complexity index is 2080. The number of aliphatic hydroxyl groups is 6. The smallest absolute Gasteiger partial charge is 0.457 e. The lowest BCUT2D eigenvalue weighted by atomic mass is 9.95. The van der Waals surface area contributed by atoms with Crippen LogP contribution in [0, 0.1) is 0 Å². The van der Waals surface area contributed by atoms with Crippen LogP contribution in [-0.4, -0.2) is 173 Å². The highest BCUT2D eigenvalue weighted by Gasteiger charge is 2.55. The molecule has 0 spiro atoms. The second-order valence-electron chi connectivity index (χ2n) is 26.7. The van der Waals surface area contributed by atoms with E-state index in [1.54, 1.807) is 0 Å². The third-order valence-corrected chi connectivity index (χ3v) is 18.8. The van der Waals surface area contributed by atoms with Gasteiger partial charge in [-0.1, -0.05) is 259 Å². The Balaban J connectivity index is 2.55. The standard InChI is InChI=1S/C68H130N2O23P2/c1-5-9-13-17-21-25-29-33-37-41-51(72)45-57(76)69-61-65(90-59(78)47-53(74)43-39-35-31-27-23-19-15-11-7-3)63(80)56(89-68(61)93-95(84,85)86)50-87-67-62(70-58(77)46-52(73)42-38-34-30-26-22-18-14-10-6-2)66(64(55(49-71)88-67)92-94(81,82)83)91-60(79)48-54(75)44-40-36-32-28-24-20-16-12-8-4/h51-56,61-68,71-75,80H,5-50H2,1-4H3,(H,69,76)(H,70,77)(H2,81,82,83)(H2,84,85,86)/t51?,52?,53?,54?,55-,56-,61-,62-,63-,64-,65-,66-,67-,68-/m1/s1. The number of hydrogen-bond donors (Lipinski definition) is 12. The molecule has 12 N–H and O–H groups in total. The first kappa shape index (κ1) is 88.8. The van der Waals surface area contributed by atoms with E-state index in [1.165, 1.54) is 51.4 Å². The summed E-state index contributed by atoms with van der Waals surface area (Å²) in [5.41, 5.74) is 0. The largest absolute Gasteiger partial charge is 0.472 e. The number of nitrogens with one attached hydrogen (secondary N) is 2. The molecule has 14 atom stereocenters. The monoisotopic (exact) mass is 1400 g/mol. The summed E-state index contributed by atoms with van der Waals surface area (Å²) in [6.45, 7) is 6.55. The molecule has 0 bridgehead atoms. The van der Waals surface area contributed by atoms with E-state index in [9.17, 15) is 78.5 Å². The molecule has 95 heavy (non-hydrogen) atoms. The van der Waals surface area contributed by atoms with E-state index < -0.39 is 164 Å². The van der Waals surface area contributed by atoms with Crippen LogP contribution in [0.15, 0.2) is 0 Å². The molecule has 0 radical (unpaired) electrons. The van der Waals surface area contributed by atoms with Crippen molar-refractivity contribution in [3.63, 3.8) is 0 Å². The van der Waals surface area contributed by atoms with Crippen LogP contribution in [0.5, 0.6) is 0 Å². The van der Waals surface area contributed by atoms with E-state index in [2.05, 4.69) is 38.3 Å². The summed E-state index contributed by atoms with van der Waals surface area (Å²) in [5, 5.41) is 72.2. The molecule has 4 unspecified atom stereocenters. The van der Waals surface area contributed by atoms with Gasteiger partial charge in [-0.15, -0.1) is 0 Å². The number of amides is 2. The third kappa shape index (κ3) is 43.2. The van der Waals surface area contributed by atoms with Gasteiger partial charge >= 0.3 is 27.6 Å². The molecule has 0 aromatic rings. The zero-order chi connectivity index (χ0) is 70.3. The number of ether oxygens (including phenoxy) is 5. The number of unbranched alkanes of at least 4 members (excludes halogenated alkanes) is 32. The molecule has 2 fully saturated rings. The number of phosphoric ester groups is 2. The minimum atomic E-state index is -5.61. The number of aliphatic hydroxyl groups excluding tert-OH is 6. The highest BCUT2D eigenvalue weighted by Crippen LogP contribution is 2.44. The Morgan fingerprint density at radius 2 is 0.695 bits per heavy atom. The van der Waals surface area contributed by atoms with Crippen LogP contribution in [0.25, 0.3) is 0 Å². The molecular formula is C68H130N2O23P2. The topological polar surface area (TPSA) is 393 Å². The van der Waals surface area contributed by atoms with E-state index in [1.807, 2.05) is 0 Å². The maximum absolute atomic E-state index is 14.1. The Morgan fingerprint density at radius 3 is 1.02 bits per heavy atom. The fourth-order valence-corrected chi connectivity index (χ4v) is 13.4. The van der Waals surface area contributed by atoms with E-state index in [4.69, 9.17) is 32.7 Å². The van der Waals surface area contributed by atoms with Gasteiger partial charge in [-0.25, -0.2) is 9.13 Å². The van der Waals surface area contributed by atoms with Crippen molar-refractivity contribution in [1.82, 2.24) is 10.6 Å². The number of rotatable bonds is 60. The molecule has 25 nitrogen and oxygen atoms in total. The normalized spacial score (nSPS) is 23.0. The number of carbonyl (C=O) groups is 4. The van der Waals surface area contributed by atoms with E-state index in [0.29, 0.717) is 25.7 Å². The summed E-state index contributed by atoms with van der Waals surface area (Å²) in [5.74, 6) is -4.01. The minimum Gasteiger partial charge on any atom is -0.457 e. The number of phosphoric acid groups is 2. The molecule has 2 aliphatic rings. The van der Waals surface area contributed by atoms with Crippen molar-refractivity contribution < 1.29 is 111 Å². The van der Waals surface area contributed by atoms with Crippen LogP contribution in [0.1, 0.15) is 310 Å². The molecular weight excluding hydrogens is 1270 g/mol. The van der Waals surface area contributed by atoms with Crippen LogP contribution in [0.3, 0.4) is 0 Å². The zero-order valence-corrected chi connectivity index (χ0v) is 60.1. The van der Waals surface area contributed by atoms with Crippen LogP contribution in [0.2, 0.25) is 0 Å². The molecule has 2 rings (SSSR count).